The molecule has 1 aliphatic carbocycles. The van der Waals surface area contributed by atoms with Crippen molar-refractivity contribution in [1.29, 1.82) is 5.26 Å². The molecule has 0 aromatic heterocycles. The van der Waals surface area contributed by atoms with Gasteiger partial charge < -0.3 is 5.32 Å². The average Bonchev–Trinajstić information content (AvgIpc) is 2.42. The molecule has 3 heteroatoms. The van der Waals surface area contributed by atoms with Gasteiger partial charge in [-0.2, -0.15) is 5.26 Å². The number of hydrogen-bond donors (Lipinski definition) is 1. The monoisotopic (exact) mass is 246 g/mol. The van der Waals surface area contributed by atoms with Gasteiger partial charge in [0.2, 0.25) is 0 Å². The highest BCUT2D eigenvalue weighted by Gasteiger charge is 2.20. The van der Waals surface area contributed by atoms with E-state index in [-0.39, 0.29) is 5.82 Å². The highest BCUT2D eigenvalue weighted by molar-refractivity contribution is 5.49. The molecule has 1 fully saturated rings. The van der Waals surface area contributed by atoms with E-state index in [1.807, 2.05) is 6.07 Å². The highest BCUT2D eigenvalue weighted by atomic mass is 19.1. The summed E-state index contributed by atoms with van der Waals surface area (Å²) in [6.07, 6.45) is 5.92. The zero-order chi connectivity index (χ0) is 13.0. The number of hydrogen-bond acceptors (Lipinski definition) is 2. The molecule has 96 valence electrons. The van der Waals surface area contributed by atoms with E-state index in [4.69, 9.17) is 5.26 Å². The molecule has 1 saturated carbocycles. The zero-order valence-corrected chi connectivity index (χ0v) is 10.7. The second kappa shape index (κ2) is 5.86. The minimum atomic E-state index is -0.327. The first-order valence-electron chi connectivity index (χ1n) is 6.69. The van der Waals surface area contributed by atoms with Crippen LogP contribution in [0.3, 0.4) is 0 Å². The molecule has 0 radical (unpaired) electrons. The van der Waals surface area contributed by atoms with Crippen LogP contribution in [0.4, 0.5) is 10.1 Å². The molecule has 0 heterocycles. The van der Waals surface area contributed by atoms with Gasteiger partial charge in [0.1, 0.15) is 5.82 Å². The summed E-state index contributed by atoms with van der Waals surface area (Å²) in [5.74, 6) is 0.514. The first-order chi connectivity index (χ1) is 8.72. The Morgan fingerprint density at radius 3 is 2.61 bits per heavy atom. The molecule has 0 spiro atoms. The molecule has 1 aromatic carbocycles. The summed E-state index contributed by atoms with van der Waals surface area (Å²) in [5.41, 5.74) is 0.890. The van der Waals surface area contributed by atoms with Gasteiger partial charge in [-0.15, -0.1) is 0 Å². The molecule has 0 saturated heterocycles. The molecule has 0 atom stereocenters. The van der Waals surface area contributed by atoms with Gasteiger partial charge in [-0.05, 0) is 49.8 Å². The van der Waals surface area contributed by atoms with Gasteiger partial charge in [0.05, 0.1) is 17.3 Å². The number of rotatable bonds is 3. The van der Waals surface area contributed by atoms with E-state index in [0.717, 1.165) is 18.8 Å². The molecule has 1 N–H and O–H groups in total. The van der Waals surface area contributed by atoms with E-state index >= 15 is 0 Å². The summed E-state index contributed by atoms with van der Waals surface area (Å²) >= 11 is 0. The molecule has 2 rings (SSSR count). The van der Waals surface area contributed by atoms with Crippen LogP contribution in [0.1, 0.15) is 44.6 Å². The lowest BCUT2D eigenvalue weighted by molar-refractivity contribution is 0.329. The molecule has 0 unspecified atom stereocenters. The van der Waals surface area contributed by atoms with E-state index < -0.39 is 0 Å². The standard InChI is InChI=1S/C15H19FN2/c1-2-11-3-6-13(7-4-11)18-15-8-5-12(10-17)9-14(15)16/h5,8-9,11,13,18H,2-4,6-7H2,1H3. The molecule has 1 aliphatic rings. The second-order valence-corrected chi connectivity index (χ2v) is 5.08. The van der Waals surface area contributed by atoms with Crippen LogP contribution in [0.2, 0.25) is 0 Å². The number of nitrogens with zero attached hydrogens (tertiary/aromatic N) is 1. The lowest BCUT2D eigenvalue weighted by atomic mass is 9.84. The van der Waals surface area contributed by atoms with E-state index in [1.165, 1.54) is 25.3 Å². The Morgan fingerprint density at radius 1 is 1.33 bits per heavy atom. The largest absolute Gasteiger partial charge is 0.380 e. The Morgan fingerprint density at radius 2 is 2.06 bits per heavy atom. The molecular weight excluding hydrogens is 227 g/mol. The van der Waals surface area contributed by atoms with Crippen molar-refractivity contribution < 1.29 is 4.39 Å². The van der Waals surface area contributed by atoms with Gasteiger partial charge in [0.15, 0.2) is 0 Å². The Bertz CT molecular complexity index is 442. The smallest absolute Gasteiger partial charge is 0.147 e. The maximum Gasteiger partial charge on any atom is 0.147 e. The highest BCUT2D eigenvalue weighted by Crippen LogP contribution is 2.29. The first kappa shape index (κ1) is 12.9. The second-order valence-electron chi connectivity index (χ2n) is 5.08. The van der Waals surface area contributed by atoms with Crippen molar-refractivity contribution in [2.75, 3.05) is 5.32 Å². The SMILES string of the molecule is CCC1CCC(Nc2ccc(C#N)cc2F)CC1. The van der Waals surface area contributed by atoms with Crippen LogP contribution in [0.5, 0.6) is 0 Å². The maximum absolute atomic E-state index is 13.7. The Labute approximate surface area is 108 Å². The number of nitriles is 1. The third-order valence-corrected chi connectivity index (χ3v) is 3.88. The summed E-state index contributed by atoms with van der Waals surface area (Å²) in [4.78, 5) is 0. The minimum Gasteiger partial charge on any atom is -0.380 e. The van der Waals surface area contributed by atoms with Gasteiger partial charge in [-0.25, -0.2) is 4.39 Å². The number of anilines is 1. The molecule has 2 nitrogen and oxygen atoms in total. The van der Waals surface area contributed by atoms with Crippen molar-refractivity contribution in [3.8, 4) is 6.07 Å². The fraction of sp³-hybridized carbons (Fsp3) is 0.533. The predicted molar refractivity (Wildman–Crippen MR) is 70.8 cm³/mol. The van der Waals surface area contributed by atoms with Gasteiger partial charge >= 0.3 is 0 Å². The van der Waals surface area contributed by atoms with Gasteiger partial charge in [0, 0.05) is 6.04 Å². The molecule has 0 aliphatic heterocycles. The molecule has 1 aromatic rings. The zero-order valence-electron chi connectivity index (χ0n) is 10.7. The van der Waals surface area contributed by atoms with Crippen molar-refractivity contribution in [2.45, 2.75) is 45.1 Å². The van der Waals surface area contributed by atoms with Crippen molar-refractivity contribution in [1.82, 2.24) is 0 Å². The van der Waals surface area contributed by atoms with Crippen LogP contribution in [0, 0.1) is 23.1 Å². The minimum absolute atomic E-state index is 0.327. The van der Waals surface area contributed by atoms with E-state index in [0.29, 0.717) is 17.3 Å². The van der Waals surface area contributed by atoms with E-state index in [9.17, 15) is 4.39 Å². The lowest BCUT2D eigenvalue weighted by Gasteiger charge is -2.29. The van der Waals surface area contributed by atoms with Crippen LogP contribution in [0.25, 0.3) is 0 Å². The van der Waals surface area contributed by atoms with Crippen LogP contribution >= 0.6 is 0 Å². The topological polar surface area (TPSA) is 35.8 Å². The number of nitrogens with one attached hydrogen (secondary N) is 1. The molecular formula is C15H19FN2. The van der Waals surface area contributed by atoms with Crippen LogP contribution < -0.4 is 5.32 Å². The summed E-state index contributed by atoms with van der Waals surface area (Å²) < 4.78 is 13.7. The van der Waals surface area contributed by atoms with Crippen molar-refractivity contribution >= 4 is 5.69 Å². The summed E-state index contributed by atoms with van der Waals surface area (Å²) in [6, 6.07) is 6.93. The summed E-state index contributed by atoms with van der Waals surface area (Å²) in [6.45, 7) is 2.23. The number of benzene rings is 1. The van der Waals surface area contributed by atoms with Gasteiger partial charge in [-0.3, -0.25) is 0 Å². The van der Waals surface area contributed by atoms with E-state index in [2.05, 4.69) is 12.2 Å². The number of halogens is 1. The third-order valence-electron chi connectivity index (χ3n) is 3.88. The summed E-state index contributed by atoms with van der Waals surface area (Å²) in [7, 11) is 0. The van der Waals surface area contributed by atoms with Crippen molar-refractivity contribution in [3.05, 3.63) is 29.6 Å². The Hall–Kier alpha value is -1.56. The normalized spacial score (nSPS) is 23.4. The Kier molecular flexibility index (Phi) is 4.19. The van der Waals surface area contributed by atoms with Crippen molar-refractivity contribution in [2.24, 2.45) is 5.92 Å². The fourth-order valence-electron chi connectivity index (χ4n) is 2.64. The van der Waals surface area contributed by atoms with Crippen LogP contribution in [-0.2, 0) is 0 Å². The lowest BCUT2D eigenvalue weighted by Crippen LogP contribution is -2.26. The Balaban J connectivity index is 1.96. The maximum atomic E-state index is 13.7. The summed E-state index contributed by atoms with van der Waals surface area (Å²) in [5, 5.41) is 12.0. The van der Waals surface area contributed by atoms with Crippen LogP contribution in [-0.4, -0.2) is 6.04 Å². The quantitative estimate of drug-likeness (QED) is 0.872. The van der Waals surface area contributed by atoms with Gasteiger partial charge in [-0.1, -0.05) is 13.3 Å². The van der Waals surface area contributed by atoms with Crippen LogP contribution in [0.15, 0.2) is 18.2 Å². The molecule has 0 amide bonds. The van der Waals surface area contributed by atoms with Crippen molar-refractivity contribution in [3.63, 3.8) is 0 Å². The van der Waals surface area contributed by atoms with Gasteiger partial charge in [0.25, 0.3) is 0 Å². The predicted octanol–water partition coefficient (Wildman–Crippen LogP) is 4.08. The average molecular weight is 246 g/mol. The third kappa shape index (κ3) is 3.01. The molecule has 18 heavy (non-hydrogen) atoms. The van der Waals surface area contributed by atoms with E-state index in [1.54, 1.807) is 12.1 Å². The fourth-order valence-corrected chi connectivity index (χ4v) is 2.64. The first-order valence-corrected chi connectivity index (χ1v) is 6.69. The molecule has 0 bridgehead atoms.